The molecule has 4 heteroatoms. The lowest BCUT2D eigenvalue weighted by Gasteiger charge is -2.26. The number of carbonyl (C=O) groups excluding carboxylic acids is 1. The summed E-state index contributed by atoms with van der Waals surface area (Å²) in [6.45, 7) is 8.18. The summed E-state index contributed by atoms with van der Waals surface area (Å²) in [5, 5.41) is 12.2. The number of anilines is 1. The maximum Gasteiger partial charge on any atom is 0.224 e. The van der Waals surface area contributed by atoms with Crippen molar-refractivity contribution < 1.29 is 9.90 Å². The molecule has 1 atom stereocenters. The molecule has 0 fully saturated rings. The lowest BCUT2D eigenvalue weighted by molar-refractivity contribution is -0.117. The molecule has 2 N–H and O–H groups in total. The van der Waals surface area contributed by atoms with E-state index in [1.165, 1.54) is 0 Å². The second-order valence-corrected chi connectivity index (χ2v) is 6.61. The largest absolute Gasteiger partial charge is 0.384 e. The van der Waals surface area contributed by atoms with Crippen molar-refractivity contribution in [3.63, 3.8) is 0 Å². The normalized spacial score (nSPS) is 12.3. The van der Waals surface area contributed by atoms with Crippen LogP contribution in [-0.2, 0) is 4.79 Å². The van der Waals surface area contributed by atoms with Crippen LogP contribution in [0.5, 0.6) is 0 Å². The summed E-state index contributed by atoms with van der Waals surface area (Å²) in [7, 11) is 0. The van der Waals surface area contributed by atoms with E-state index in [4.69, 9.17) is 16.7 Å². The van der Waals surface area contributed by atoms with Gasteiger partial charge in [0.2, 0.25) is 5.91 Å². The van der Waals surface area contributed by atoms with Crippen LogP contribution in [0.4, 0.5) is 5.69 Å². The minimum absolute atomic E-state index is 0.0632. The van der Waals surface area contributed by atoms with Gasteiger partial charge in [0, 0.05) is 17.0 Å². The Labute approximate surface area is 131 Å². The first-order chi connectivity index (χ1) is 9.74. The van der Waals surface area contributed by atoms with Gasteiger partial charge in [0.05, 0.1) is 5.69 Å². The molecule has 1 amide bonds. The molecule has 0 saturated heterocycles. The van der Waals surface area contributed by atoms with Crippen LogP contribution < -0.4 is 5.32 Å². The third-order valence-corrected chi connectivity index (χ3v) is 3.76. The van der Waals surface area contributed by atoms with Crippen LogP contribution >= 0.6 is 11.6 Å². The predicted octanol–water partition coefficient (Wildman–Crippen LogP) is 3.69. The third-order valence-electron chi connectivity index (χ3n) is 3.53. The van der Waals surface area contributed by atoms with Crippen molar-refractivity contribution in [1.82, 2.24) is 0 Å². The second kappa shape index (κ2) is 7.49. The zero-order valence-corrected chi connectivity index (χ0v) is 13.7. The summed E-state index contributed by atoms with van der Waals surface area (Å²) in [6, 6.07) is 5.10. The summed E-state index contributed by atoms with van der Waals surface area (Å²) >= 11 is 5.96. The summed E-state index contributed by atoms with van der Waals surface area (Å²) in [4.78, 5) is 12.2. The van der Waals surface area contributed by atoms with Gasteiger partial charge in [0.1, 0.15) is 6.61 Å². The predicted molar refractivity (Wildman–Crippen MR) is 87.3 cm³/mol. The molecule has 0 spiro atoms. The van der Waals surface area contributed by atoms with Gasteiger partial charge in [0.25, 0.3) is 0 Å². The molecule has 1 aromatic rings. The quantitative estimate of drug-likeness (QED) is 0.837. The number of carbonyl (C=O) groups is 1. The van der Waals surface area contributed by atoms with E-state index < -0.39 is 0 Å². The highest BCUT2D eigenvalue weighted by atomic mass is 35.5. The molecule has 1 aromatic carbocycles. The van der Waals surface area contributed by atoms with Gasteiger partial charge >= 0.3 is 0 Å². The first-order valence-electron chi connectivity index (χ1n) is 6.93. The number of nitrogens with one attached hydrogen (secondary N) is 1. The van der Waals surface area contributed by atoms with Gasteiger partial charge in [-0.3, -0.25) is 4.79 Å². The summed E-state index contributed by atoms with van der Waals surface area (Å²) in [5.41, 5.74) is 1.30. The number of halogens is 1. The highest BCUT2D eigenvalue weighted by Gasteiger charge is 2.22. The molecule has 0 heterocycles. The van der Waals surface area contributed by atoms with E-state index in [2.05, 4.69) is 44.9 Å². The summed E-state index contributed by atoms with van der Waals surface area (Å²) < 4.78 is 0. The molecule has 114 valence electrons. The average molecular weight is 308 g/mol. The van der Waals surface area contributed by atoms with Gasteiger partial charge in [-0.15, -0.1) is 0 Å². The Kier molecular flexibility index (Phi) is 6.26. The number of aliphatic hydroxyl groups excluding tert-OH is 1. The molecular weight excluding hydrogens is 286 g/mol. The van der Waals surface area contributed by atoms with Gasteiger partial charge in [-0.05, 0) is 29.5 Å². The first kappa shape index (κ1) is 17.6. The number of benzene rings is 1. The maximum atomic E-state index is 12.2. The zero-order valence-electron chi connectivity index (χ0n) is 13.0. The van der Waals surface area contributed by atoms with Crippen molar-refractivity contribution in [3.8, 4) is 11.8 Å². The van der Waals surface area contributed by atoms with E-state index in [1.807, 2.05) is 0 Å². The van der Waals surface area contributed by atoms with Crippen LogP contribution in [0.15, 0.2) is 18.2 Å². The molecule has 0 aromatic heterocycles. The van der Waals surface area contributed by atoms with Crippen molar-refractivity contribution in [2.75, 3.05) is 11.9 Å². The highest BCUT2D eigenvalue weighted by Crippen LogP contribution is 2.28. The van der Waals surface area contributed by atoms with Gasteiger partial charge in [0.15, 0.2) is 0 Å². The zero-order chi connectivity index (χ0) is 16.0. The minimum Gasteiger partial charge on any atom is -0.384 e. The lowest BCUT2D eigenvalue weighted by atomic mass is 9.80. The van der Waals surface area contributed by atoms with Crippen LogP contribution in [0, 0.1) is 23.2 Å². The van der Waals surface area contributed by atoms with Crippen LogP contribution in [0.2, 0.25) is 5.02 Å². The molecule has 0 aliphatic rings. The van der Waals surface area contributed by atoms with E-state index in [0.29, 0.717) is 22.7 Å². The molecule has 0 bridgehead atoms. The SMILES string of the molecule is CC(CC(=O)Nc1cc(Cl)ccc1C#CCO)C(C)(C)C. The smallest absolute Gasteiger partial charge is 0.224 e. The Morgan fingerprint density at radius 1 is 1.43 bits per heavy atom. The highest BCUT2D eigenvalue weighted by molar-refractivity contribution is 6.31. The summed E-state index contributed by atoms with van der Waals surface area (Å²) in [5.74, 6) is 5.57. The molecule has 0 aliphatic carbocycles. The Hall–Kier alpha value is -1.50. The first-order valence-corrected chi connectivity index (χ1v) is 7.31. The summed E-state index contributed by atoms with van der Waals surface area (Å²) in [6.07, 6.45) is 0.433. The standard InChI is InChI=1S/C17H22ClNO2/c1-12(17(2,3)4)10-16(21)19-15-11-14(18)8-7-13(15)6-5-9-20/h7-8,11-12,20H,9-10H2,1-4H3,(H,19,21). The monoisotopic (exact) mass is 307 g/mol. The average Bonchev–Trinajstić information content (AvgIpc) is 2.36. The lowest BCUT2D eigenvalue weighted by Crippen LogP contribution is -2.24. The van der Waals surface area contributed by atoms with Crippen molar-refractivity contribution in [2.24, 2.45) is 11.3 Å². The molecule has 1 rings (SSSR count). The van der Waals surface area contributed by atoms with Gasteiger partial charge in [-0.2, -0.15) is 0 Å². The number of hydrogen-bond donors (Lipinski definition) is 2. The van der Waals surface area contributed by atoms with E-state index in [9.17, 15) is 4.79 Å². The molecule has 0 radical (unpaired) electrons. The van der Waals surface area contributed by atoms with E-state index in [0.717, 1.165) is 0 Å². The fraction of sp³-hybridized carbons (Fsp3) is 0.471. The fourth-order valence-corrected chi connectivity index (χ4v) is 1.82. The minimum atomic E-state index is -0.225. The molecule has 21 heavy (non-hydrogen) atoms. The molecule has 0 saturated carbocycles. The molecule has 0 aliphatic heterocycles. The fourth-order valence-electron chi connectivity index (χ4n) is 1.65. The topological polar surface area (TPSA) is 49.3 Å². The number of hydrogen-bond acceptors (Lipinski definition) is 2. The Morgan fingerprint density at radius 3 is 2.67 bits per heavy atom. The van der Waals surface area contributed by atoms with E-state index >= 15 is 0 Å². The van der Waals surface area contributed by atoms with E-state index in [1.54, 1.807) is 18.2 Å². The van der Waals surface area contributed by atoms with Crippen LogP contribution in [0.25, 0.3) is 0 Å². The van der Waals surface area contributed by atoms with Crippen molar-refractivity contribution in [2.45, 2.75) is 34.1 Å². The van der Waals surface area contributed by atoms with Crippen molar-refractivity contribution in [3.05, 3.63) is 28.8 Å². The molecular formula is C17H22ClNO2. The Balaban J connectivity index is 2.87. The Bertz CT molecular complexity index is 564. The molecule has 3 nitrogen and oxygen atoms in total. The van der Waals surface area contributed by atoms with E-state index in [-0.39, 0.29) is 23.8 Å². The van der Waals surface area contributed by atoms with Crippen molar-refractivity contribution >= 4 is 23.2 Å². The van der Waals surface area contributed by atoms with Gasteiger partial charge < -0.3 is 10.4 Å². The van der Waals surface area contributed by atoms with Gasteiger partial charge in [-0.1, -0.05) is 51.1 Å². The number of rotatable bonds is 3. The number of aliphatic hydroxyl groups is 1. The second-order valence-electron chi connectivity index (χ2n) is 6.17. The van der Waals surface area contributed by atoms with Crippen LogP contribution in [0.1, 0.15) is 39.7 Å². The number of amides is 1. The van der Waals surface area contributed by atoms with Crippen LogP contribution in [0.3, 0.4) is 0 Å². The van der Waals surface area contributed by atoms with Gasteiger partial charge in [-0.25, -0.2) is 0 Å². The maximum absolute atomic E-state index is 12.2. The van der Waals surface area contributed by atoms with Crippen molar-refractivity contribution in [1.29, 1.82) is 0 Å². The third kappa shape index (κ3) is 5.79. The molecule has 1 unspecified atom stereocenters. The van der Waals surface area contributed by atoms with Crippen LogP contribution in [-0.4, -0.2) is 17.6 Å². The Morgan fingerprint density at radius 2 is 2.10 bits per heavy atom.